The topological polar surface area (TPSA) is 96.7 Å². The van der Waals surface area contributed by atoms with Crippen LogP contribution in [0.25, 0.3) is 0 Å². The van der Waals surface area contributed by atoms with E-state index in [1.807, 2.05) is 43.3 Å². The normalized spacial score (nSPS) is 21.0. The number of nitrogens with one attached hydrogen (secondary N) is 2. The summed E-state index contributed by atoms with van der Waals surface area (Å²) in [4.78, 5) is 32.4. The first-order chi connectivity index (χ1) is 17.0. The Morgan fingerprint density at radius 2 is 1.89 bits per heavy atom. The average molecular weight is 475 g/mol. The second-order valence-corrected chi connectivity index (χ2v) is 9.23. The Hall–Kier alpha value is -3.81. The predicted octanol–water partition coefficient (Wildman–Crippen LogP) is 3.85. The number of ether oxygens (including phenoxy) is 1. The first-order valence-corrected chi connectivity index (χ1v) is 12.0. The van der Waals surface area contributed by atoms with Crippen LogP contribution in [0.4, 0.5) is 5.82 Å². The SMILES string of the molecule is COc1cccc(C(=O)N[C@H]2C[C@H]3CC[C@@H](C2)N3c2ccc(C(=O)NCc3ccco3)cn2)c1C. The van der Waals surface area contributed by atoms with Gasteiger partial charge in [-0.1, -0.05) is 6.07 Å². The number of fused-ring (bicyclic) bond motifs is 2. The van der Waals surface area contributed by atoms with Crippen LogP contribution < -0.4 is 20.3 Å². The summed E-state index contributed by atoms with van der Waals surface area (Å²) in [5.41, 5.74) is 2.02. The van der Waals surface area contributed by atoms with Gasteiger partial charge in [0.25, 0.3) is 11.8 Å². The molecule has 0 aliphatic carbocycles. The highest BCUT2D eigenvalue weighted by Gasteiger charge is 2.41. The van der Waals surface area contributed by atoms with Crippen LogP contribution in [0.5, 0.6) is 5.75 Å². The van der Waals surface area contributed by atoms with Gasteiger partial charge in [0, 0.05) is 35.4 Å². The summed E-state index contributed by atoms with van der Waals surface area (Å²) < 4.78 is 10.6. The van der Waals surface area contributed by atoms with Crippen LogP contribution in [-0.4, -0.2) is 42.0 Å². The maximum atomic E-state index is 13.0. The Kier molecular flexibility index (Phi) is 6.44. The summed E-state index contributed by atoms with van der Waals surface area (Å²) in [7, 11) is 1.62. The maximum Gasteiger partial charge on any atom is 0.253 e. The van der Waals surface area contributed by atoms with E-state index in [2.05, 4.69) is 20.5 Å². The van der Waals surface area contributed by atoms with E-state index < -0.39 is 0 Å². The summed E-state index contributed by atoms with van der Waals surface area (Å²) in [5, 5.41) is 6.09. The molecule has 0 saturated carbocycles. The minimum atomic E-state index is -0.183. The molecule has 2 bridgehead atoms. The van der Waals surface area contributed by atoms with Gasteiger partial charge in [0.1, 0.15) is 17.3 Å². The molecule has 2 amide bonds. The highest BCUT2D eigenvalue weighted by Crippen LogP contribution is 2.38. The van der Waals surface area contributed by atoms with Gasteiger partial charge < -0.3 is 24.7 Å². The number of carbonyl (C=O) groups is 2. The fourth-order valence-corrected chi connectivity index (χ4v) is 5.37. The van der Waals surface area contributed by atoms with Gasteiger partial charge in [-0.3, -0.25) is 9.59 Å². The summed E-state index contributed by atoms with van der Waals surface area (Å²) in [5.74, 6) is 2.07. The van der Waals surface area contributed by atoms with Crippen molar-refractivity contribution in [1.82, 2.24) is 15.6 Å². The monoisotopic (exact) mass is 474 g/mol. The number of aromatic nitrogens is 1. The minimum absolute atomic E-state index is 0.0534. The molecule has 2 N–H and O–H groups in total. The number of pyridine rings is 1. The first-order valence-electron chi connectivity index (χ1n) is 12.0. The second kappa shape index (κ2) is 9.82. The van der Waals surface area contributed by atoms with Crippen molar-refractivity contribution >= 4 is 17.6 Å². The first kappa shape index (κ1) is 23.0. The third-order valence-corrected chi connectivity index (χ3v) is 7.09. The van der Waals surface area contributed by atoms with Gasteiger partial charge in [-0.05, 0) is 69.0 Å². The van der Waals surface area contributed by atoms with E-state index in [4.69, 9.17) is 9.15 Å². The molecule has 4 heterocycles. The number of anilines is 1. The predicted molar refractivity (Wildman–Crippen MR) is 132 cm³/mol. The third kappa shape index (κ3) is 4.73. The highest BCUT2D eigenvalue weighted by atomic mass is 16.5. The van der Waals surface area contributed by atoms with Gasteiger partial charge in [-0.15, -0.1) is 0 Å². The summed E-state index contributed by atoms with van der Waals surface area (Å²) in [6, 6.07) is 13.7. The smallest absolute Gasteiger partial charge is 0.253 e. The Morgan fingerprint density at radius 1 is 1.09 bits per heavy atom. The number of piperidine rings is 1. The van der Waals surface area contributed by atoms with Crippen LogP contribution in [0.15, 0.2) is 59.3 Å². The Bertz CT molecular complexity index is 1180. The molecule has 5 rings (SSSR count). The zero-order valence-electron chi connectivity index (χ0n) is 20.0. The van der Waals surface area contributed by atoms with Crippen LogP contribution >= 0.6 is 0 Å². The van der Waals surface area contributed by atoms with Crippen LogP contribution in [0.3, 0.4) is 0 Å². The van der Waals surface area contributed by atoms with Crippen molar-refractivity contribution in [2.45, 2.75) is 57.3 Å². The van der Waals surface area contributed by atoms with E-state index >= 15 is 0 Å². The van der Waals surface area contributed by atoms with Gasteiger partial charge in [0.05, 0.1) is 25.5 Å². The molecule has 8 nitrogen and oxygen atoms in total. The van der Waals surface area contributed by atoms with Gasteiger partial charge in [0.2, 0.25) is 0 Å². The molecule has 2 fully saturated rings. The highest BCUT2D eigenvalue weighted by molar-refractivity contribution is 5.96. The van der Waals surface area contributed by atoms with E-state index in [9.17, 15) is 9.59 Å². The number of hydrogen-bond donors (Lipinski definition) is 2. The number of benzene rings is 1. The number of methoxy groups -OCH3 is 1. The molecule has 8 heteroatoms. The Labute approximate surface area is 204 Å². The third-order valence-electron chi connectivity index (χ3n) is 7.09. The molecular weight excluding hydrogens is 444 g/mol. The van der Waals surface area contributed by atoms with Crippen molar-refractivity contribution in [1.29, 1.82) is 0 Å². The number of rotatable bonds is 7. The van der Waals surface area contributed by atoms with Crippen molar-refractivity contribution in [2.24, 2.45) is 0 Å². The second-order valence-electron chi connectivity index (χ2n) is 9.23. The molecule has 0 unspecified atom stereocenters. The van der Waals surface area contributed by atoms with Gasteiger partial charge >= 0.3 is 0 Å². The van der Waals surface area contributed by atoms with Crippen LogP contribution in [0.2, 0.25) is 0 Å². The molecule has 35 heavy (non-hydrogen) atoms. The number of nitrogens with zero attached hydrogens (tertiary/aromatic N) is 2. The van der Waals surface area contributed by atoms with Crippen LogP contribution in [0.1, 0.15) is 57.7 Å². The zero-order chi connectivity index (χ0) is 24.4. The number of amides is 2. The lowest BCUT2D eigenvalue weighted by molar-refractivity contribution is 0.0923. The molecule has 3 aromatic rings. The van der Waals surface area contributed by atoms with Crippen molar-refractivity contribution in [3.05, 3.63) is 77.4 Å². The van der Waals surface area contributed by atoms with E-state index in [1.54, 1.807) is 25.6 Å². The Balaban J connectivity index is 1.20. The van der Waals surface area contributed by atoms with Crippen molar-refractivity contribution in [3.63, 3.8) is 0 Å². The maximum absolute atomic E-state index is 13.0. The molecule has 2 aliphatic rings. The van der Waals surface area contributed by atoms with Crippen LogP contribution in [0, 0.1) is 6.92 Å². The van der Waals surface area contributed by atoms with Crippen molar-refractivity contribution in [2.75, 3.05) is 12.0 Å². The molecule has 2 aromatic heterocycles. The van der Waals surface area contributed by atoms with Crippen LogP contribution in [-0.2, 0) is 6.54 Å². The lowest BCUT2D eigenvalue weighted by Crippen LogP contribution is -2.50. The number of furan rings is 1. The van der Waals surface area contributed by atoms with Gasteiger partial charge in [0.15, 0.2) is 0 Å². The standard InChI is InChI=1S/C27H30N4O4/c1-17-23(6-3-7-24(17)34-2)27(33)30-19-13-20-9-10-21(14-19)31(20)25-11-8-18(15-28-25)26(32)29-16-22-5-4-12-35-22/h3-8,11-12,15,19-21H,9-10,13-14,16H2,1-2H3,(H,29,32)(H,30,33)/t19-,20+,21-. The molecule has 2 aliphatic heterocycles. The van der Waals surface area contributed by atoms with Crippen molar-refractivity contribution < 1.29 is 18.7 Å². The molecule has 182 valence electrons. The minimum Gasteiger partial charge on any atom is -0.496 e. The molecule has 0 spiro atoms. The summed E-state index contributed by atoms with van der Waals surface area (Å²) in [6.07, 6.45) is 7.10. The van der Waals surface area contributed by atoms with E-state index in [0.29, 0.717) is 35.5 Å². The van der Waals surface area contributed by atoms with E-state index in [1.165, 1.54) is 0 Å². The van der Waals surface area contributed by atoms with Gasteiger partial charge in [-0.2, -0.15) is 0 Å². The molecule has 1 aromatic carbocycles. The molecular formula is C27H30N4O4. The summed E-state index contributed by atoms with van der Waals surface area (Å²) >= 11 is 0. The van der Waals surface area contributed by atoms with Gasteiger partial charge in [-0.25, -0.2) is 4.98 Å². The van der Waals surface area contributed by atoms with E-state index in [0.717, 1.165) is 42.8 Å². The molecule has 2 saturated heterocycles. The number of carbonyl (C=O) groups excluding carboxylic acids is 2. The largest absolute Gasteiger partial charge is 0.496 e. The molecule has 3 atom stereocenters. The summed E-state index contributed by atoms with van der Waals surface area (Å²) in [6.45, 7) is 2.25. The Morgan fingerprint density at radius 3 is 2.54 bits per heavy atom. The lowest BCUT2D eigenvalue weighted by Gasteiger charge is -2.40. The number of hydrogen-bond acceptors (Lipinski definition) is 6. The zero-order valence-corrected chi connectivity index (χ0v) is 20.0. The van der Waals surface area contributed by atoms with Crippen molar-refractivity contribution in [3.8, 4) is 5.75 Å². The fourth-order valence-electron chi connectivity index (χ4n) is 5.37. The lowest BCUT2D eigenvalue weighted by atomic mass is 9.96. The fraction of sp³-hybridized carbons (Fsp3) is 0.370. The quantitative estimate of drug-likeness (QED) is 0.540. The molecule has 0 radical (unpaired) electrons. The average Bonchev–Trinajstić information content (AvgIpc) is 3.48. The van der Waals surface area contributed by atoms with E-state index in [-0.39, 0.29) is 17.9 Å².